The molecule has 0 spiro atoms. The van der Waals surface area contributed by atoms with E-state index in [1.54, 1.807) is 0 Å². The van der Waals surface area contributed by atoms with Crippen LogP contribution in [0.25, 0.3) is 0 Å². The lowest BCUT2D eigenvalue weighted by atomic mass is 10.7. The summed E-state index contributed by atoms with van der Waals surface area (Å²) in [6.07, 6.45) is 0. The fraction of sp³-hybridized carbons (Fsp3) is 0.750. The minimum absolute atomic E-state index is 0.750. The summed E-state index contributed by atoms with van der Waals surface area (Å²) >= 11 is 0. The lowest BCUT2D eigenvalue weighted by Crippen LogP contribution is -2.05. The van der Waals surface area contributed by atoms with E-state index in [0.717, 1.165) is 19.9 Å². The van der Waals surface area contributed by atoms with Crippen LogP contribution in [-0.4, -0.2) is 25.9 Å². The van der Waals surface area contributed by atoms with Crippen LogP contribution in [0.5, 0.6) is 0 Å². The average Bonchev–Trinajstić information content (AvgIpc) is 2.17. The topological polar surface area (TPSA) is 69.0 Å². The Hall–Kier alpha value is -0.700. The number of hydrogen-bond acceptors (Lipinski definition) is 4. The summed E-state index contributed by atoms with van der Waals surface area (Å²) in [6.45, 7) is 2.67. The highest BCUT2D eigenvalue weighted by Gasteiger charge is 1.92. The van der Waals surface area contributed by atoms with Crippen molar-refractivity contribution in [1.29, 1.82) is 10.8 Å². The summed E-state index contributed by atoms with van der Waals surface area (Å²) < 4.78 is 4.83. The largest absolute Gasteiger partial charge is 0.365 e. The summed E-state index contributed by atoms with van der Waals surface area (Å²) in [4.78, 5) is 0. The van der Waals surface area contributed by atoms with E-state index < -0.39 is 0 Å². The zero-order valence-electron chi connectivity index (χ0n) is 4.53. The molecule has 1 saturated heterocycles. The van der Waals surface area contributed by atoms with Gasteiger partial charge in [-0.1, -0.05) is 0 Å². The van der Waals surface area contributed by atoms with Crippen molar-refractivity contribution in [2.24, 2.45) is 0 Å². The summed E-state index contributed by atoms with van der Waals surface area (Å²) in [5.41, 5.74) is 0. The van der Waals surface area contributed by atoms with Crippen molar-refractivity contribution in [1.82, 2.24) is 5.32 Å². The van der Waals surface area contributed by atoms with Crippen molar-refractivity contribution in [3.8, 4) is 0 Å². The van der Waals surface area contributed by atoms with Crippen LogP contribution in [0.1, 0.15) is 0 Å². The van der Waals surface area contributed by atoms with Gasteiger partial charge < -0.3 is 4.74 Å². The molecule has 0 bridgehead atoms. The molecule has 0 aliphatic carbocycles. The van der Waals surface area contributed by atoms with Crippen LogP contribution in [0.2, 0.25) is 0 Å². The van der Waals surface area contributed by atoms with Gasteiger partial charge in [-0.25, -0.2) is 10.8 Å². The fourth-order valence-electron chi connectivity index (χ4n) is 0.361. The molecule has 8 heavy (non-hydrogen) atoms. The van der Waals surface area contributed by atoms with Gasteiger partial charge in [-0.2, -0.15) is 0 Å². The van der Waals surface area contributed by atoms with Crippen molar-refractivity contribution in [3.63, 3.8) is 0 Å². The van der Waals surface area contributed by atoms with E-state index in [4.69, 9.17) is 15.6 Å². The maximum atomic E-state index is 5.62. The van der Waals surface area contributed by atoms with E-state index >= 15 is 0 Å². The summed E-state index contributed by atoms with van der Waals surface area (Å²) in [5.74, 6) is 0. The molecule has 1 fully saturated rings. The van der Waals surface area contributed by atoms with Gasteiger partial charge in [0.1, 0.15) is 0 Å². The minimum Gasteiger partial charge on any atom is -0.365 e. The normalized spacial score (nSPS) is 16.0. The maximum absolute atomic E-state index is 5.62. The molecule has 0 amide bonds. The van der Waals surface area contributed by atoms with Crippen LogP contribution in [0.3, 0.4) is 0 Å². The lowest BCUT2D eigenvalue weighted by Gasteiger charge is -1.76. The van der Waals surface area contributed by atoms with E-state index in [0.29, 0.717) is 0 Å². The number of ether oxygens (including phenoxy) is 1. The van der Waals surface area contributed by atoms with Crippen LogP contribution >= 0.6 is 0 Å². The molecule has 4 nitrogen and oxygen atoms in total. The first kappa shape index (κ1) is 7.30. The zero-order chi connectivity index (χ0) is 6.24. The highest BCUT2D eigenvalue weighted by molar-refractivity contribution is 5.29. The van der Waals surface area contributed by atoms with Crippen LogP contribution in [0.4, 0.5) is 0 Å². The smallest absolute Gasteiger partial charge is 0.0966 e. The van der Waals surface area contributed by atoms with Gasteiger partial charge in [-0.15, -0.1) is 0 Å². The molecular formula is C4H9N3O. The van der Waals surface area contributed by atoms with Crippen molar-refractivity contribution < 1.29 is 4.74 Å². The van der Waals surface area contributed by atoms with Gasteiger partial charge in [-0.3, -0.25) is 5.32 Å². The second kappa shape index (κ2) is 6.30. The standard InChI is InChI=1S/C3H7NO.CH2N2/c1-2-5-3-4-1;2-1-3/h4H,1-3H2;2-3H. The summed E-state index contributed by atoms with van der Waals surface area (Å²) in [6, 6.07) is 1.25. The van der Waals surface area contributed by atoms with Crippen LogP contribution in [0, 0.1) is 10.8 Å². The molecule has 0 aromatic rings. The summed E-state index contributed by atoms with van der Waals surface area (Å²) in [7, 11) is 0. The number of rotatable bonds is 0. The zero-order valence-corrected chi connectivity index (χ0v) is 4.53. The van der Waals surface area contributed by atoms with Crippen molar-refractivity contribution >= 4 is 6.01 Å². The van der Waals surface area contributed by atoms with E-state index in [-0.39, 0.29) is 0 Å². The van der Waals surface area contributed by atoms with Gasteiger partial charge >= 0.3 is 0 Å². The molecule has 0 radical (unpaired) electrons. The Morgan fingerprint density at radius 3 is 2.25 bits per heavy atom. The Labute approximate surface area is 47.9 Å². The quantitative estimate of drug-likeness (QED) is 0.385. The molecule has 0 atom stereocenters. The van der Waals surface area contributed by atoms with Crippen molar-refractivity contribution in [2.75, 3.05) is 19.9 Å². The number of nitrogens with one attached hydrogen (secondary N) is 3. The molecule has 0 aromatic heterocycles. The lowest BCUT2D eigenvalue weighted by molar-refractivity contribution is 0.194. The van der Waals surface area contributed by atoms with E-state index in [2.05, 4.69) is 5.32 Å². The first-order valence-electron chi connectivity index (χ1n) is 2.28. The van der Waals surface area contributed by atoms with E-state index in [1.165, 1.54) is 6.01 Å². The van der Waals surface area contributed by atoms with E-state index in [9.17, 15) is 0 Å². The molecular weight excluding hydrogens is 106 g/mol. The van der Waals surface area contributed by atoms with Gasteiger partial charge in [0.05, 0.1) is 19.3 Å². The van der Waals surface area contributed by atoms with Gasteiger partial charge in [0, 0.05) is 6.54 Å². The minimum atomic E-state index is 0.750. The predicted octanol–water partition coefficient (Wildman–Crippen LogP) is -0.118. The Balaban J connectivity index is 0.000000145. The first-order chi connectivity index (χ1) is 3.91. The predicted molar refractivity (Wildman–Crippen MR) is 29.3 cm³/mol. The highest BCUT2D eigenvalue weighted by Crippen LogP contribution is 1.75. The molecule has 1 aliphatic heterocycles. The van der Waals surface area contributed by atoms with Gasteiger partial charge in [0.15, 0.2) is 0 Å². The third-order valence-corrected chi connectivity index (χ3v) is 0.627. The third kappa shape index (κ3) is 5.30. The molecule has 0 unspecified atom stereocenters. The molecule has 3 N–H and O–H groups in total. The number of hydrogen-bond donors (Lipinski definition) is 3. The second-order valence-electron chi connectivity index (χ2n) is 1.18. The molecule has 0 aromatic carbocycles. The highest BCUT2D eigenvalue weighted by atomic mass is 16.5. The van der Waals surface area contributed by atoms with Crippen LogP contribution in [-0.2, 0) is 4.74 Å². The summed E-state index contributed by atoms with van der Waals surface area (Å²) in [5, 5.41) is 14.2. The Morgan fingerprint density at radius 2 is 2.12 bits per heavy atom. The van der Waals surface area contributed by atoms with Gasteiger partial charge in [0.2, 0.25) is 0 Å². The molecule has 1 rings (SSSR count). The van der Waals surface area contributed by atoms with E-state index in [1.807, 2.05) is 0 Å². The fourth-order valence-corrected chi connectivity index (χ4v) is 0.361. The van der Waals surface area contributed by atoms with Gasteiger partial charge in [0.25, 0.3) is 0 Å². The van der Waals surface area contributed by atoms with Crippen molar-refractivity contribution in [2.45, 2.75) is 0 Å². The third-order valence-electron chi connectivity index (χ3n) is 0.627. The molecule has 1 heterocycles. The second-order valence-corrected chi connectivity index (χ2v) is 1.18. The van der Waals surface area contributed by atoms with Gasteiger partial charge in [-0.05, 0) is 0 Å². The molecule has 4 heteroatoms. The molecule has 46 valence electrons. The molecule has 1 aliphatic rings. The van der Waals surface area contributed by atoms with Crippen molar-refractivity contribution in [3.05, 3.63) is 0 Å². The van der Waals surface area contributed by atoms with Crippen LogP contribution < -0.4 is 5.32 Å². The Morgan fingerprint density at radius 1 is 1.50 bits per heavy atom. The Bertz CT molecular complexity index is 65.7. The maximum Gasteiger partial charge on any atom is 0.0966 e. The monoisotopic (exact) mass is 115 g/mol. The Kier molecular flexibility index (Phi) is 5.75. The molecule has 0 saturated carbocycles. The SMILES string of the molecule is C1COCN1.N=C=N. The average molecular weight is 115 g/mol. The first-order valence-corrected chi connectivity index (χ1v) is 2.28. The van der Waals surface area contributed by atoms with Crippen LogP contribution in [0.15, 0.2) is 0 Å².